The van der Waals surface area contributed by atoms with E-state index in [1.165, 1.54) is 17.4 Å². The summed E-state index contributed by atoms with van der Waals surface area (Å²) in [5, 5.41) is 39.0. The number of benzene rings is 8. The van der Waals surface area contributed by atoms with E-state index in [1.807, 2.05) is 188 Å². The number of hydrogen-bond acceptors (Lipinski definition) is 12. The van der Waals surface area contributed by atoms with Gasteiger partial charge in [0.05, 0.1) is 52.8 Å². The summed E-state index contributed by atoms with van der Waals surface area (Å²) in [4.78, 5) is 0. The zero-order chi connectivity index (χ0) is 61.2. The lowest BCUT2D eigenvalue weighted by molar-refractivity contribution is 0.363. The first-order valence-corrected chi connectivity index (χ1v) is 30.9. The number of hydrogen-bond donors (Lipinski definition) is 4. The molecule has 8 rings (SSSR count). The Kier molecular flexibility index (Phi) is 32.8. The smallest absolute Gasteiger partial charge is 0.221 e. The molecule has 430 valence electrons. The highest BCUT2D eigenvalue weighted by Gasteiger charge is 2.03. The van der Waals surface area contributed by atoms with Crippen LogP contribution in [-0.2, 0) is 11.2 Å². The second-order valence-corrected chi connectivity index (χ2v) is 21.4. The molecule has 0 aliphatic heterocycles. The number of thiol groups is 4. The number of thioether (sulfide) groups is 1. The van der Waals surface area contributed by atoms with Crippen molar-refractivity contribution in [3.63, 3.8) is 0 Å². The van der Waals surface area contributed by atoms with Gasteiger partial charge >= 0.3 is 0 Å². The summed E-state index contributed by atoms with van der Waals surface area (Å²) in [6.45, 7) is 0.994. The number of nitrogens with zero attached hydrogens (tertiary/aromatic N) is 4. The summed E-state index contributed by atoms with van der Waals surface area (Å²) in [5.74, 6) is 4.60. The molecule has 0 aliphatic rings. The number of ether oxygens (including phenoxy) is 3. The van der Waals surface area contributed by atoms with Gasteiger partial charge in [-0.05, 0) is 206 Å². The molecule has 0 amide bonds. The molecule has 13 heteroatoms. The maximum Gasteiger partial charge on any atom is 0.221 e. The average Bonchev–Trinajstić information content (AvgIpc) is 3.65. The predicted octanol–water partition coefficient (Wildman–Crippen LogP) is 19.4. The Balaban J connectivity index is 0.000000211. The first kappa shape index (κ1) is 68.2. The third kappa shape index (κ3) is 26.5. The SMILES string of the molecule is N#Cc1ccc(-c2ccc(/C=C/C=C/S)cc2)cc1.N#Cc1ccc(-c2ccc(CCCS)cc2)cc1.N#Cc1ccc(-c2ccc(OC/C=C/C=C/OC(=S)S)cc2)cc1.N#Cc1ccc(-c2ccc(OC/C=C/C=C/SCCCS)cc2)cc1. The maximum atomic E-state index is 8.84. The van der Waals surface area contributed by atoms with Crippen LogP contribution in [0.25, 0.3) is 50.6 Å². The number of rotatable bonds is 22. The van der Waals surface area contributed by atoms with Crippen LogP contribution < -0.4 is 9.47 Å². The maximum absolute atomic E-state index is 8.84. The minimum Gasteiger partial charge on any atom is -0.490 e. The van der Waals surface area contributed by atoms with Crippen LogP contribution in [-0.4, -0.2) is 34.9 Å². The van der Waals surface area contributed by atoms with Crippen molar-refractivity contribution in [1.82, 2.24) is 0 Å². The Hall–Kier alpha value is -8.60. The lowest BCUT2D eigenvalue weighted by atomic mass is 10.0. The number of nitriles is 4. The lowest BCUT2D eigenvalue weighted by Gasteiger charge is -2.05. The molecule has 86 heavy (non-hydrogen) atoms. The second kappa shape index (κ2) is 41.4. The predicted molar refractivity (Wildman–Crippen MR) is 377 cm³/mol. The van der Waals surface area contributed by atoms with E-state index in [9.17, 15) is 0 Å². The number of allylic oxidation sites excluding steroid dienone is 6. The molecule has 0 aromatic heterocycles. The Morgan fingerprint density at radius 2 is 0.802 bits per heavy atom. The molecule has 0 heterocycles. The van der Waals surface area contributed by atoms with Gasteiger partial charge in [-0.2, -0.15) is 58.9 Å². The van der Waals surface area contributed by atoms with E-state index >= 15 is 0 Å². The van der Waals surface area contributed by atoms with Crippen molar-refractivity contribution < 1.29 is 14.2 Å². The summed E-state index contributed by atoms with van der Waals surface area (Å²) in [6.07, 6.45) is 22.0. The van der Waals surface area contributed by atoms with Gasteiger partial charge in [0, 0.05) is 0 Å². The summed E-state index contributed by atoms with van der Waals surface area (Å²) < 4.78 is 16.4. The van der Waals surface area contributed by atoms with Crippen LogP contribution in [0, 0.1) is 45.3 Å². The molecule has 0 aliphatic carbocycles. The minimum absolute atomic E-state index is 0.179. The molecular weight excluding hydrogens is 1170 g/mol. The van der Waals surface area contributed by atoms with Gasteiger partial charge in [0.1, 0.15) is 24.7 Å². The third-order valence-corrected chi connectivity index (χ3v) is 14.0. The van der Waals surface area contributed by atoms with Gasteiger partial charge in [-0.15, -0.1) is 11.8 Å². The average molecular weight is 1240 g/mol. The molecule has 7 nitrogen and oxygen atoms in total. The second-order valence-electron chi connectivity index (χ2n) is 18.1. The Bertz CT molecular complexity index is 3650. The monoisotopic (exact) mass is 1240 g/mol. The zero-order valence-corrected chi connectivity index (χ0v) is 52.4. The minimum atomic E-state index is 0.179. The molecule has 0 saturated heterocycles. The van der Waals surface area contributed by atoms with E-state index in [1.54, 1.807) is 29.3 Å². The van der Waals surface area contributed by atoms with E-state index in [-0.39, 0.29) is 4.38 Å². The van der Waals surface area contributed by atoms with Crippen molar-refractivity contribution in [1.29, 1.82) is 21.0 Å². The molecule has 0 fully saturated rings. The van der Waals surface area contributed by atoms with E-state index in [4.69, 9.17) is 35.3 Å². The van der Waals surface area contributed by atoms with Gasteiger partial charge in [-0.25, -0.2) is 0 Å². The van der Waals surface area contributed by atoms with Crippen LogP contribution in [0.15, 0.2) is 260 Å². The van der Waals surface area contributed by atoms with Gasteiger partial charge in [0.2, 0.25) is 4.38 Å². The molecule has 0 bridgehead atoms. The van der Waals surface area contributed by atoms with Gasteiger partial charge < -0.3 is 14.2 Å². The highest BCUT2D eigenvalue weighted by molar-refractivity contribution is 8.10. The highest BCUT2D eigenvalue weighted by atomic mass is 32.2. The molecule has 0 radical (unpaired) electrons. The summed E-state index contributed by atoms with van der Waals surface area (Å²) >= 11 is 22.7. The zero-order valence-electron chi connectivity index (χ0n) is 47.2. The third-order valence-electron chi connectivity index (χ3n) is 12.1. The van der Waals surface area contributed by atoms with Crippen molar-refractivity contribution in [2.45, 2.75) is 19.3 Å². The first-order chi connectivity index (χ1) is 42.2. The van der Waals surface area contributed by atoms with Crippen LogP contribution in [0.1, 0.15) is 46.2 Å². The molecule has 0 unspecified atom stereocenters. The first-order valence-electron chi connectivity index (χ1n) is 27.2. The van der Waals surface area contributed by atoms with E-state index in [0.29, 0.717) is 35.5 Å². The van der Waals surface area contributed by atoms with Gasteiger partial charge in [0.25, 0.3) is 0 Å². The van der Waals surface area contributed by atoms with Crippen LogP contribution in [0.4, 0.5) is 0 Å². The van der Waals surface area contributed by atoms with E-state index in [2.05, 4.69) is 141 Å². The Morgan fingerprint density at radius 1 is 0.442 bits per heavy atom. The summed E-state index contributed by atoms with van der Waals surface area (Å²) in [7, 11) is 0. The van der Waals surface area contributed by atoms with E-state index in [0.717, 1.165) is 92.5 Å². The van der Waals surface area contributed by atoms with Crippen molar-refractivity contribution in [2.75, 3.05) is 30.5 Å². The summed E-state index contributed by atoms with van der Waals surface area (Å²) in [6, 6.07) is 71.5. The van der Waals surface area contributed by atoms with Crippen LogP contribution in [0.5, 0.6) is 11.5 Å². The van der Waals surface area contributed by atoms with Crippen LogP contribution in [0.3, 0.4) is 0 Å². The van der Waals surface area contributed by atoms with Crippen LogP contribution in [0.2, 0.25) is 0 Å². The van der Waals surface area contributed by atoms with Crippen LogP contribution >= 0.6 is 74.5 Å². The topological polar surface area (TPSA) is 123 Å². The molecule has 0 saturated carbocycles. The number of aryl methyl sites for hydroxylation is 1. The van der Waals surface area contributed by atoms with Crippen molar-refractivity contribution in [3.05, 3.63) is 293 Å². The fourth-order valence-corrected chi connectivity index (χ4v) is 9.00. The molecule has 8 aromatic carbocycles. The standard InChI is InChI=1S/C21H21NOS2.C19H15NO2S2.C17H13NS.C16H15NS/c22-17-18-5-7-19(8-6-18)20-9-11-21(12-10-20)23-13-2-1-3-15-25-16-4-14-24;20-14-15-4-6-16(7-5-15)17-8-10-18(11-9-17)21-12-2-1-3-13-22-19(23)24;18-13-15-6-10-17(11-7-15)16-8-4-14(5-9-16)3-1-2-12-19;17-12-14-5-9-16(10-6-14)15-7-3-13(4-8-15)2-1-11-18/h1-3,5-12,15,24H,4,13-14,16H2;1-11,13H,12H2,(H,23,24);1-12,19H;3-10,18H,1-2,11H2/b2-1+,15-3+;2-1+,13-3+;3-1+,12-2+;. The highest BCUT2D eigenvalue weighted by Crippen LogP contribution is 2.26. The molecule has 0 atom stereocenters. The molecule has 0 spiro atoms. The Morgan fingerprint density at radius 3 is 1.16 bits per heavy atom. The molecular formula is C73H64N4O3S6. The van der Waals surface area contributed by atoms with E-state index < -0.39 is 0 Å². The van der Waals surface area contributed by atoms with Gasteiger partial charge in [-0.3, -0.25) is 0 Å². The Labute approximate surface area is 539 Å². The van der Waals surface area contributed by atoms with Crippen molar-refractivity contribution in [2.24, 2.45) is 0 Å². The quantitative estimate of drug-likeness (QED) is 0.0173. The largest absolute Gasteiger partial charge is 0.490 e. The van der Waals surface area contributed by atoms with Crippen molar-refractivity contribution in [3.8, 4) is 80.3 Å². The van der Waals surface area contributed by atoms with Gasteiger partial charge in [-0.1, -0.05) is 170 Å². The lowest BCUT2D eigenvalue weighted by Crippen LogP contribution is -1.92. The number of thiocarbonyl (C=S) groups is 1. The molecule has 8 aromatic rings. The normalized spacial score (nSPS) is 10.7. The van der Waals surface area contributed by atoms with Gasteiger partial charge in [0.15, 0.2) is 0 Å². The fourth-order valence-electron chi connectivity index (χ4n) is 7.60. The van der Waals surface area contributed by atoms with Crippen molar-refractivity contribution >= 4 is 85.0 Å². The molecule has 0 N–H and O–H groups in total. The summed E-state index contributed by atoms with van der Waals surface area (Å²) in [5.41, 5.74) is 14.1. The fraction of sp³-hybridized carbons (Fsp3) is 0.110.